The van der Waals surface area contributed by atoms with E-state index >= 15 is 0 Å². The van der Waals surface area contributed by atoms with Crippen LogP contribution >= 0.6 is 0 Å². The van der Waals surface area contributed by atoms with Gasteiger partial charge in [-0.25, -0.2) is 0 Å². The van der Waals surface area contributed by atoms with Gasteiger partial charge in [-0.05, 0) is 54.6 Å². The van der Waals surface area contributed by atoms with Crippen LogP contribution in [0.25, 0.3) is 10.8 Å². The summed E-state index contributed by atoms with van der Waals surface area (Å²) in [6.45, 7) is 3.65. The van der Waals surface area contributed by atoms with E-state index in [1.807, 2.05) is 54.6 Å². The third-order valence-electron chi connectivity index (χ3n) is 5.00. The van der Waals surface area contributed by atoms with Crippen molar-refractivity contribution in [2.45, 2.75) is 18.9 Å². The molecule has 2 aromatic carbocycles. The average Bonchev–Trinajstić information content (AvgIpc) is 2.70. The minimum absolute atomic E-state index is 0.0647. The molecule has 140 valence electrons. The summed E-state index contributed by atoms with van der Waals surface area (Å²) >= 11 is 0. The van der Waals surface area contributed by atoms with Crippen LogP contribution in [0, 0.1) is 0 Å². The smallest absolute Gasteiger partial charge is 0.255 e. The number of piperidine rings is 1. The van der Waals surface area contributed by atoms with Crippen molar-refractivity contribution in [1.29, 1.82) is 0 Å². The summed E-state index contributed by atoms with van der Waals surface area (Å²) in [6.07, 6.45) is 3.89. The van der Waals surface area contributed by atoms with Crippen molar-refractivity contribution in [2.75, 3.05) is 26.2 Å². The maximum Gasteiger partial charge on any atom is 0.255 e. The van der Waals surface area contributed by atoms with Gasteiger partial charge in [-0.2, -0.15) is 0 Å². The Bertz CT molecular complexity index is 931. The quantitative estimate of drug-likeness (QED) is 0.728. The molecule has 0 unspecified atom stereocenters. The lowest BCUT2D eigenvalue weighted by molar-refractivity contribution is 0.0916. The van der Waals surface area contributed by atoms with Crippen molar-refractivity contribution in [3.63, 3.8) is 0 Å². The topological polar surface area (TPSA) is 54.6 Å². The minimum Gasteiger partial charge on any atom is -0.492 e. The monoisotopic (exact) mass is 364 g/mol. The zero-order valence-corrected chi connectivity index (χ0v) is 15.3. The van der Waals surface area contributed by atoms with Crippen molar-refractivity contribution in [3.05, 3.63) is 71.1 Å². The number of aromatic nitrogens is 1. The largest absolute Gasteiger partial charge is 0.492 e. The number of para-hydroxylation sites is 1. The van der Waals surface area contributed by atoms with Crippen LogP contribution in [0.2, 0.25) is 0 Å². The van der Waals surface area contributed by atoms with Gasteiger partial charge in [-0.1, -0.05) is 18.2 Å². The van der Waals surface area contributed by atoms with Gasteiger partial charge in [0.2, 0.25) is 0 Å². The van der Waals surface area contributed by atoms with Gasteiger partial charge in [-0.15, -0.1) is 0 Å². The van der Waals surface area contributed by atoms with E-state index in [0.29, 0.717) is 12.0 Å². The highest BCUT2D eigenvalue weighted by atomic mass is 16.5. The molecule has 1 saturated heterocycles. The second-order valence-corrected chi connectivity index (χ2v) is 6.88. The zero-order valence-electron chi connectivity index (χ0n) is 15.3. The Morgan fingerprint density at radius 1 is 1.00 bits per heavy atom. The second kappa shape index (κ2) is 8.27. The molecule has 1 fully saturated rings. The molecule has 0 amide bonds. The van der Waals surface area contributed by atoms with Crippen LogP contribution in [-0.2, 0) is 0 Å². The minimum atomic E-state index is -0.0647. The maximum atomic E-state index is 11.8. The molecule has 1 aromatic heterocycles. The van der Waals surface area contributed by atoms with Gasteiger partial charge in [0.05, 0.1) is 0 Å². The van der Waals surface area contributed by atoms with Crippen LogP contribution in [-0.4, -0.2) is 42.2 Å². The highest BCUT2D eigenvalue weighted by Gasteiger charge is 2.20. The number of benzene rings is 2. The molecule has 1 N–H and O–H groups in total. The molecule has 0 aliphatic carbocycles. The van der Waals surface area contributed by atoms with E-state index in [4.69, 9.17) is 9.47 Å². The summed E-state index contributed by atoms with van der Waals surface area (Å²) < 4.78 is 11.9. The van der Waals surface area contributed by atoms with E-state index in [2.05, 4.69) is 9.88 Å². The highest BCUT2D eigenvalue weighted by molar-refractivity contribution is 5.82. The van der Waals surface area contributed by atoms with Crippen LogP contribution in [0.3, 0.4) is 0 Å². The third-order valence-corrected chi connectivity index (χ3v) is 5.00. The van der Waals surface area contributed by atoms with Gasteiger partial charge in [0, 0.05) is 31.2 Å². The number of nitrogens with one attached hydrogen (secondary N) is 1. The molecular formula is C22H24N2O3. The molecule has 1 aliphatic heterocycles. The van der Waals surface area contributed by atoms with E-state index < -0.39 is 0 Å². The Balaban J connectivity index is 1.25. The van der Waals surface area contributed by atoms with Gasteiger partial charge in [0.1, 0.15) is 24.2 Å². The summed E-state index contributed by atoms with van der Waals surface area (Å²) in [7, 11) is 0. The number of nitrogens with zero attached hydrogens (tertiary/aromatic N) is 1. The number of fused-ring (bicyclic) bond motifs is 1. The van der Waals surface area contributed by atoms with Gasteiger partial charge in [0.25, 0.3) is 5.56 Å². The van der Waals surface area contributed by atoms with Crippen LogP contribution < -0.4 is 15.0 Å². The van der Waals surface area contributed by atoms with Crippen molar-refractivity contribution < 1.29 is 9.47 Å². The second-order valence-electron chi connectivity index (χ2n) is 6.88. The first-order chi connectivity index (χ1) is 13.3. The fraction of sp³-hybridized carbons (Fsp3) is 0.318. The molecule has 0 saturated carbocycles. The first kappa shape index (κ1) is 17.6. The number of rotatable bonds is 6. The number of H-pyrrole nitrogens is 1. The lowest BCUT2D eigenvalue weighted by Crippen LogP contribution is -2.40. The SMILES string of the molecule is O=c1[nH]ccc2cc(OC3CCN(CCOc4ccccc4)CC3)ccc12. The molecule has 3 aromatic rings. The summed E-state index contributed by atoms with van der Waals surface area (Å²) in [5, 5.41) is 1.60. The van der Waals surface area contributed by atoms with Crippen molar-refractivity contribution >= 4 is 10.8 Å². The predicted octanol–water partition coefficient (Wildman–Crippen LogP) is 3.45. The van der Waals surface area contributed by atoms with Crippen molar-refractivity contribution in [1.82, 2.24) is 9.88 Å². The summed E-state index contributed by atoms with van der Waals surface area (Å²) in [5.41, 5.74) is -0.0647. The van der Waals surface area contributed by atoms with E-state index in [1.54, 1.807) is 6.20 Å². The first-order valence-corrected chi connectivity index (χ1v) is 9.46. The van der Waals surface area contributed by atoms with Gasteiger partial charge < -0.3 is 14.5 Å². The van der Waals surface area contributed by atoms with Crippen molar-refractivity contribution in [2.24, 2.45) is 0 Å². The Kier molecular flexibility index (Phi) is 5.39. The lowest BCUT2D eigenvalue weighted by atomic mass is 10.1. The first-order valence-electron chi connectivity index (χ1n) is 9.46. The van der Waals surface area contributed by atoms with Crippen LogP contribution in [0.5, 0.6) is 11.5 Å². The molecule has 0 atom stereocenters. The maximum absolute atomic E-state index is 11.8. The zero-order chi connectivity index (χ0) is 18.5. The third kappa shape index (κ3) is 4.49. The number of hydrogen-bond acceptors (Lipinski definition) is 4. The normalized spacial score (nSPS) is 15.7. The Labute approximate surface area is 158 Å². The Hall–Kier alpha value is -2.79. The Morgan fingerprint density at radius 2 is 1.81 bits per heavy atom. The van der Waals surface area contributed by atoms with E-state index in [1.165, 1.54) is 0 Å². The summed E-state index contributed by atoms with van der Waals surface area (Å²) in [6, 6.07) is 17.5. The average molecular weight is 364 g/mol. The fourth-order valence-corrected chi connectivity index (χ4v) is 3.50. The highest BCUT2D eigenvalue weighted by Crippen LogP contribution is 2.22. The number of hydrogen-bond donors (Lipinski definition) is 1. The van der Waals surface area contributed by atoms with Crippen LogP contribution in [0.15, 0.2) is 65.6 Å². The molecule has 2 heterocycles. The van der Waals surface area contributed by atoms with Crippen LogP contribution in [0.1, 0.15) is 12.8 Å². The van der Waals surface area contributed by atoms with E-state index in [-0.39, 0.29) is 11.7 Å². The van der Waals surface area contributed by atoms with Crippen molar-refractivity contribution in [3.8, 4) is 11.5 Å². The molecule has 0 bridgehead atoms. The van der Waals surface area contributed by atoms with Gasteiger partial charge >= 0.3 is 0 Å². The summed E-state index contributed by atoms with van der Waals surface area (Å²) in [4.78, 5) is 16.9. The number of pyridine rings is 1. The molecule has 5 heteroatoms. The summed E-state index contributed by atoms with van der Waals surface area (Å²) in [5.74, 6) is 1.75. The molecule has 1 aliphatic rings. The molecule has 27 heavy (non-hydrogen) atoms. The number of ether oxygens (including phenoxy) is 2. The molecule has 5 nitrogen and oxygen atoms in total. The van der Waals surface area contributed by atoms with E-state index in [9.17, 15) is 4.79 Å². The van der Waals surface area contributed by atoms with Crippen LogP contribution in [0.4, 0.5) is 0 Å². The molecule has 4 rings (SSSR count). The molecule has 0 radical (unpaired) electrons. The number of aromatic amines is 1. The molecule has 0 spiro atoms. The number of likely N-dealkylation sites (tertiary alicyclic amines) is 1. The standard InChI is InChI=1S/C22H24N2O3/c25-22-21-7-6-20(16-17(21)8-11-23-22)27-19-9-12-24(13-10-19)14-15-26-18-4-2-1-3-5-18/h1-8,11,16,19H,9-10,12-15H2,(H,23,25). The predicted molar refractivity (Wildman–Crippen MR) is 107 cm³/mol. The van der Waals surface area contributed by atoms with Gasteiger partial charge in [0.15, 0.2) is 0 Å². The van der Waals surface area contributed by atoms with Gasteiger partial charge in [-0.3, -0.25) is 9.69 Å². The van der Waals surface area contributed by atoms with E-state index in [0.717, 1.165) is 49.4 Å². The fourth-order valence-electron chi connectivity index (χ4n) is 3.50. The Morgan fingerprint density at radius 3 is 2.63 bits per heavy atom. The molecular weight excluding hydrogens is 340 g/mol. The lowest BCUT2D eigenvalue weighted by Gasteiger charge is -2.32.